The molecular formula is KO4PPb. The van der Waals surface area contributed by atoms with Crippen LogP contribution in [0.5, 0.6) is 0 Å². The normalized spacial score (nSPS) is 8.43. The van der Waals surface area contributed by atoms with Crippen molar-refractivity contribution in [2.24, 2.45) is 0 Å². The summed E-state index contributed by atoms with van der Waals surface area (Å²) in [5, 5.41) is 0. The van der Waals surface area contributed by atoms with Crippen LogP contribution in [0.15, 0.2) is 0 Å². The van der Waals surface area contributed by atoms with E-state index in [0.717, 1.165) is 0 Å². The average molecular weight is 341 g/mol. The molecule has 0 bridgehead atoms. The molecule has 7 heteroatoms. The third kappa shape index (κ3) is 54.1. The monoisotopic (exact) mass is 342 g/mol. The van der Waals surface area contributed by atoms with E-state index in [4.69, 9.17) is 19.2 Å². The standard InChI is InChI=1S/K.H3O4P.Pb/c;1-5(2,3)4;/h;(H3,1,2,3,4);/q+1;;+2/p-3. The Morgan fingerprint density at radius 2 is 1.14 bits per heavy atom. The van der Waals surface area contributed by atoms with Crippen molar-refractivity contribution in [2.75, 3.05) is 0 Å². The second kappa shape index (κ2) is 6.78. The SMILES string of the molecule is O=P([O-])([O-])[O-].[K+].[Pb+2]. The van der Waals surface area contributed by atoms with Crippen LogP contribution in [0.2, 0.25) is 0 Å². The van der Waals surface area contributed by atoms with E-state index in [9.17, 15) is 0 Å². The molecule has 34 valence electrons. The van der Waals surface area contributed by atoms with Crippen LogP contribution >= 0.6 is 7.82 Å². The van der Waals surface area contributed by atoms with Gasteiger partial charge in [-0.05, 0) is 0 Å². The molecule has 0 rings (SSSR count). The molecule has 0 heterocycles. The Balaban J connectivity index is -0.0000000800. The number of rotatable bonds is 0. The Morgan fingerprint density at radius 1 is 1.14 bits per heavy atom. The zero-order chi connectivity index (χ0) is 4.50. The minimum absolute atomic E-state index is 0. The summed E-state index contributed by atoms with van der Waals surface area (Å²) in [6.07, 6.45) is 0. The van der Waals surface area contributed by atoms with Gasteiger partial charge in [-0.25, -0.2) is 0 Å². The maximum Gasteiger partial charge on any atom is 2.00 e. The Kier molecular flexibility index (Phi) is 15.8. The topological polar surface area (TPSA) is 86.2 Å². The van der Waals surface area contributed by atoms with Crippen molar-refractivity contribution < 1.29 is 70.6 Å². The molecule has 0 N–H and O–H groups in total. The summed E-state index contributed by atoms with van der Waals surface area (Å²) < 4.78 is 8.55. The summed E-state index contributed by atoms with van der Waals surface area (Å²) >= 11 is 0. The summed E-state index contributed by atoms with van der Waals surface area (Å²) in [6.45, 7) is 0. The second-order valence-electron chi connectivity index (χ2n) is 0.447. The molecule has 0 unspecified atom stereocenters. The maximum atomic E-state index is 8.55. The van der Waals surface area contributed by atoms with Crippen LogP contribution in [0.3, 0.4) is 0 Å². The van der Waals surface area contributed by atoms with E-state index in [1.807, 2.05) is 0 Å². The first kappa shape index (κ1) is 16.3. The first-order valence-corrected chi connectivity index (χ1v) is 2.19. The first-order chi connectivity index (χ1) is 2.00. The third-order valence-corrected chi connectivity index (χ3v) is 0. The molecule has 0 spiro atoms. The zero-order valence-electron chi connectivity index (χ0n) is 3.58. The summed E-state index contributed by atoms with van der Waals surface area (Å²) in [4.78, 5) is 25.6. The van der Waals surface area contributed by atoms with E-state index in [0.29, 0.717) is 0 Å². The van der Waals surface area contributed by atoms with Crippen LogP contribution in [-0.4, -0.2) is 27.3 Å². The molecule has 0 aliphatic carbocycles. The molecule has 7 heavy (non-hydrogen) atoms. The molecule has 0 fully saturated rings. The molecule has 2 radical (unpaired) electrons. The Labute approximate surface area is 104 Å². The maximum absolute atomic E-state index is 8.55. The van der Waals surface area contributed by atoms with Crippen molar-refractivity contribution in [1.82, 2.24) is 0 Å². The van der Waals surface area contributed by atoms with Crippen molar-refractivity contribution in [1.29, 1.82) is 0 Å². The van der Waals surface area contributed by atoms with Gasteiger partial charge in [0.15, 0.2) is 0 Å². The minimum Gasteiger partial charge on any atom is -0.822 e. The molecule has 0 aliphatic rings. The Bertz CT molecular complexity index is 57.8. The zero-order valence-corrected chi connectivity index (χ0v) is 11.5. The molecular weight excluding hydrogens is 341 g/mol. The van der Waals surface area contributed by atoms with Crippen molar-refractivity contribution in [3.8, 4) is 0 Å². The van der Waals surface area contributed by atoms with Gasteiger partial charge in [0.05, 0.1) is 0 Å². The predicted octanol–water partition coefficient (Wildman–Crippen LogP) is -6.20. The fourth-order valence-electron chi connectivity index (χ4n) is 0. The van der Waals surface area contributed by atoms with E-state index in [1.165, 1.54) is 0 Å². The molecule has 0 aliphatic heterocycles. The van der Waals surface area contributed by atoms with E-state index in [2.05, 4.69) is 0 Å². The summed E-state index contributed by atoms with van der Waals surface area (Å²) in [6, 6.07) is 0. The summed E-state index contributed by atoms with van der Waals surface area (Å²) in [7, 11) is -5.39. The van der Waals surface area contributed by atoms with Crippen LogP contribution in [-0.2, 0) is 4.57 Å². The number of hydrogen-bond donors (Lipinski definition) is 0. The van der Waals surface area contributed by atoms with Gasteiger partial charge in [0.2, 0.25) is 0 Å². The van der Waals surface area contributed by atoms with Crippen LogP contribution in [0.1, 0.15) is 0 Å². The van der Waals surface area contributed by atoms with Gasteiger partial charge in [0.25, 0.3) is 0 Å². The number of hydrogen-bond acceptors (Lipinski definition) is 4. The van der Waals surface area contributed by atoms with Gasteiger partial charge >= 0.3 is 78.7 Å². The molecule has 0 saturated carbocycles. The van der Waals surface area contributed by atoms with Crippen LogP contribution < -0.4 is 66.1 Å². The first-order valence-electron chi connectivity index (χ1n) is 0.730. The second-order valence-corrected chi connectivity index (χ2v) is 1.34. The van der Waals surface area contributed by atoms with E-state index in [1.54, 1.807) is 0 Å². The Hall–Kier alpha value is 2.67. The fraction of sp³-hybridized carbons (Fsp3) is 0. The molecule has 4 nitrogen and oxygen atoms in total. The molecule has 0 atom stereocenters. The minimum atomic E-state index is -5.39. The van der Waals surface area contributed by atoms with Crippen LogP contribution in [0.4, 0.5) is 0 Å². The summed E-state index contributed by atoms with van der Waals surface area (Å²) in [5.74, 6) is 0. The fourth-order valence-corrected chi connectivity index (χ4v) is 0. The van der Waals surface area contributed by atoms with E-state index < -0.39 is 7.82 Å². The molecule has 0 saturated heterocycles. The van der Waals surface area contributed by atoms with Crippen LogP contribution in [0.25, 0.3) is 0 Å². The molecule has 0 aromatic heterocycles. The van der Waals surface area contributed by atoms with Gasteiger partial charge in [0, 0.05) is 0 Å². The predicted molar refractivity (Wildman–Crippen MR) is 13.4 cm³/mol. The van der Waals surface area contributed by atoms with E-state index in [-0.39, 0.29) is 78.7 Å². The van der Waals surface area contributed by atoms with Gasteiger partial charge in [-0.1, -0.05) is 0 Å². The van der Waals surface area contributed by atoms with Gasteiger partial charge in [-0.3, -0.25) is 0 Å². The molecule has 0 aromatic rings. The molecule has 0 amide bonds. The molecule has 0 aromatic carbocycles. The van der Waals surface area contributed by atoms with Crippen LogP contribution in [0, 0.1) is 0 Å². The quantitative estimate of drug-likeness (QED) is 0.324. The largest absolute Gasteiger partial charge is 2.00 e. The van der Waals surface area contributed by atoms with Crippen molar-refractivity contribution >= 4 is 35.1 Å². The van der Waals surface area contributed by atoms with Crippen molar-refractivity contribution in [3.63, 3.8) is 0 Å². The van der Waals surface area contributed by atoms with Gasteiger partial charge in [-0.2, -0.15) is 7.82 Å². The van der Waals surface area contributed by atoms with E-state index >= 15 is 0 Å². The third-order valence-electron chi connectivity index (χ3n) is 0. The number of phosphoric acid groups is 1. The van der Waals surface area contributed by atoms with Gasteiger partial charge < -0.3 is 19.2 Å². The smallest absolute Gasteiger partial charge is 0.822 e. The van der Waals surface area contributed by atoms with Crippen molar-refractivity contribution in [2.45, 2.75) is 0 Å². The Morgan fingerprint density at radius 3 is 1.14 bits per heavy atom. The summed E-state index contributed by atoms with van der Waals surface area (Å²) in [5.41, 5.74) is 0. The average Bonchev–Trinajstić information content (AvgIpc) is 0.722. The van der Waals surface area contributed by atoms with Gasteiger partial charge in [0.1, 0.15) is 0 Å². The van der Waals surface area contributed by atoms with Crippen molar-refractivity contribution in [3.05, 3.63) is 0 Å². The van der Waals surface area contributed by atoms with Gasteiger partial charge in [-0.15, -0.1) is 0 Å².